The summed E-state index contributed by atoms with van der Waals surface area (Å²) in [7, 11) is 3.27. The Morgan fingerprint density at radius 3 is 2.21 bits per heavy atom. The minimum absolute atomic E-state index is 0.353. The van der Waals surface area contributed by atoms with Crippen LogP contribution in [-0.2, 0) is 6.42 Å². The maximum absolute atomic E-state index is 8.76. The van der Waals surface area contributed by atoms with Crippen LogP contribution in [0.2, 0.25) is 0 Å². The van der Waals surface area contributed by atoms with Crippen molar-refractivity contribution in [1.29, 1.82) is 5.26 Å². The number of ether oxygens (including phenoxy) is 2. The third-order valence-electron chi connectivity index (χ3n) is 2.98. The van der Waals surface area contributed by atoms with Crippen molar-refractivity contribution in [2.75, 3.05) is 14.2 Å². The predicted octanol–water partition coefficient (Wildman–Crippen LogP) is 3.44. The maximum Gasteiger partial charge on any atom is 0.123 e. The van der Waals surface area contributed by atoms with Crippen LogP contribution in [0.3, 0.4) is 0 Å². The van der Waals surface area contributed by atoms with Crippen LogP contribution >= 0.6 is 0 Å². The maximum atomic E-state index is 8.76. The highest BCUT2D eigenvalue weighted by molar-refractivity contribution is 5.67. The number of methoxy groups -OCH3 is 2. The lowest BCUT2D eigenvalue weighted by Crippen LogP contribution is -1.92. The molecule has 0 N–H and O–H groups in total. The summed E-state index contributed by atoms with van der Waals surface area (Å²) in [4.78, 5) is 0. The van der Waals surface area contributed by atoms with Crippen molar-refractivity contribution in [2.24, 2.45) is 0 Å². The van der Waals surface area contributed by atoms with Gasteiger partial charge in [-0.2, -0.15) is 5.26 Å². The summed E-state index contributed by atoms with van der Waals surface area (Å²) in [6.07, 6.45) is 0.353. The van der Waals surface area contributed by atoms with Crippen molar-refractivity contribution in [3.05, 3.63) is 48.0 Å². The molecule has 3 heteroatoms. The highest BCUT2D eigenvalue weighted by Crippen LogP contribution is 2.28. The van der Waals surface area contributed by atoms with E-state index >= 15 is 0 Å². The molecule has 0 aliphatic heterocycles. The number of hydrogen-bond acceptors (Lipinski definition) is 3. The Balaban J connectivity index is 2.37. The molecule has 2 rings (SSSR count). The second-order valence-corrected chi connectivity index (χ2v) is 4.09. The van der Waals surface area contributed by atoms with Crippen LogP contribution < -0.4 is 9.47 Å². The summed E-state index contributed by atoms with van der Waals surface area (Å²) in [6, 6.07) is 15.9. The van der Waals surface area contributed by atoms with E-state index in [0.717, 1.165) is 28.2 Å². The monoisotopic (exact) mass is 253 g/mol. The summed E-state index contributed by atoms with van der Waals surface area (Å²) in [5, 5.41) is 8.76. The third-order valence-corrected chi connectivity index (χ3v) is 2.98. The van der Waals surface area contributed by atoms with Gasteiger partial charge in [-0.05, 0) is 29.3 Å². The average molecular weight is 253 g/mol. The minimum atomic E-state index is 0.353. The first-order valence-corrected chi connectivity index (χ1v) is 5.96. The fraction of sp³-hybridized carbons (Fsp3) is 0.188. The van der Waals surface area contributed by atoms with E-state index in [1.807, 2.05) is 42.5 Å². The molecule has 2 aromatic rings. The van der Waals surface area contributed by atoms with Gasteiger partial charge < -0.3 is 9.47 Å². The van der Waals surface area contributed by atoms with Gasteiger partial charge in [-0.15, -0.1) is 0 Å². The SMILES string of the molecule is COc1ccc(-c2ccc(CC#N)c(OC)c2)cc1. The second-order valence-electron chi connectivity index (χ2n) is 4.09. The lowest BCUT2D eigenvalue weighted by Gasteiger charge is -2.09. The number of hydrogen-bond donors (Lipinski definition) is 0. The lowest BCUT2D eigenvalue weighted by atomic mass is 10.0. The van der Waals surface area contributed by atoms with Crippen LogP contribution in [0.15, 0.2) is 42.5 Å². The molecule has 0 amide bonds. The normalized spacial score (nSPS) is 9.74. The standard InChI is InChI=1S/C16H15NO2/c1-18-15-7-5-12(6-8-15)14-4-3-13(9-10-17)16(11-14)19-2/h3-8,11H,9H2,1-2H3. The van der Waals surface area contributed by atoms with Gasteiger partial charge in [0.1, 0.15) is 11.5 Å². The van der Waals surface area contributed by atoms with Crippen molar-refractivity contribution in [1.82, 2.24) is 0 Å². The van der Waals surface area contributed by atoms with Gasteiger partial charge in [0, 0.05) is 5.56 Å². The average Bonchev–Trinajstić information content (AvgIpc) is 2.48. The summed E-state index contributed by atoms with van der Waals surface area (Å²) in [6.45, 7) is 0. The Hall–Kier alpha value is -2.47. The van der Waals surface area contributed by atoms with Gasteiger partial charge in [0.2, 0.25) is 0 Å². The van der Waals surface area contributed by atoms with Crippen LogP contribution in [0.25, 0.3) is 11.1 Å². The van der Waals surface area contributed by atoms with E-state index in [9.17, 15) is 0 Å². The minimum Gasteiger partial charge on any atom is -0.497 e. The topological polar surface area (TPSA) is 42.2 Å². The van der Waals surface area contributed by atoms with Gasteiger partial charge in [-0.1, -0.05) is 24.3 Å². The van der Waals surface area contributed by atoms with Crippen molar-refractivity contribution >= 4 is 0 Å². The summed E-state index contributed by atoms with van der Waals surface area (Å²) < 4.78 is 10.5. The molecule has 0 bridgehead atoms. The van der Waals surface area contributed by atoms with Crippen LogP contribution in [-0.4, -0.2) is 14.2 Å². The third kappa shape index (κ3) is 2.86. The first kappa shape index (κ1) is 13.0. The van der Waals surface area contributed by atoms with Gasteiger partial charge >= 0.3 is 0 Å². The van der Waals surface area contributed by atoms with Gasteiger partial charge in [-0.25, -0.2) is 0 Å². The fourth-order valence-electron chi connectivity index (χ4n) is 1.94. The molecule has 0 aliphatic carbocycles. The highest BCUT2D eigenvalue weighted by Gasteiger charge is 2.06. The van der Waals surface area contributed by atoms with Gasteiger partial charge in [0.05, 0.1) is 26.7 Å². The van der Waals surface area contributed by atoms with E-state index < -0.39 is 0 Å². The summed E-state index contributed by atoms with van der Waals surface area (Å²) >= 11 is 0. The molecule has 3 nitrogen and oxygen atoms in total. The molecule has 0 heterocycles. The molecule has 19 heavy (non-hydrogen) atoms. The molecule has 0 radical (unpaired) electrons. The molecule has 2 aromatic carbocycles. The zero-order valence-corrected chi connectivity index (χ0v) is 11.0. The van der Waals surface area contributed by atoms with Crippen molar-refractivity contribution < 1.29 is 9.47 Å². The molecule has 0 unspecified atom stereocenters. The molecular weight excluding hydrogens is 238 g/mol. The first-order valence-electron chi connectivity index (χ1n) is 5.96. The van der Waals surface area contributed by atoms with Crippen molar-refractivity contribution in [3.8, 4) is 28.7 Å². The Morgan fingerprint density at radius 1 is 0.947 bits per heavy atom. The largest absolute Gasteiger partial charge is 0.497 e. The Labute approximate surface area is 113 Å². The zero-order chi connectivity index (χ0) is 13.7. The van der Waals surface area contributed by atoms with Crippen LogP contribution in [0.4, 0.5) is 0 Å². The molecule has 0 aliphatic rings. The van der Waals surface area contributed by atoms with E-state index in [0.29, 0.717) is 6.42 Å². The fourth-order valence-corrected chi connectivity index (χ4v) is 1.94. The Bertz CT molecular complexity index is 597. The molecule has 0 saturated carbocycles. The molecule has 0 fully saturated rings. The van der Waals surface area contributed by atoms with Gasteiger partial charge in [0.15, 0.2) is 0 Å². The zero-order valence-electron chi connectivity index (χ0n) is 11.0. The molecule has 0 saturated heterocycles. The molecule has 96 valence electrons. The molecule has 0 aromatic heterocycles. The van der Waals surface area contributed by atoms with Crippen molar-refractivity contribution in [2.45, 2.75) is 6.42 Å². The quantitative estimate of drug-likeness (QED) is 0.838. The predicted molar refractivity (Wildman–Crippen MR) is 74.3 cm³/mol. The van der Waals surface area contributed by atoms with E-state index in [-0.39, 0.29) is 0 Å². The van der Waals surface area contributed by atoms with Crippen LogP contribution in [0.1, 0.15) is 5.56 Å². The Morgan fingerprint density at radius 2 is 1.63 bits per heavy atom. The Kier molecular flexibility index (Phi) is 4.04. The molecular formula is C16H15NO2. The van der Waals surface area contributed by atoms with Gasteiger partial charge in [-0.3, -0.25) is 0 Å². The number of nitrogens with zero attached hydrogens (tertiary/aromatic N) is 1. The van der Waals surface area contributed by atoms with Crippen LogP contribution in [0, 0.1) is 11.3 Å². The van der Waals surface area contributed by atoms with Gasteiger partial charge in [0.25, 0.3) is 0 Å². The second kappa shape index (κ2) is 5.92. The van der Waals surface area contributed by atoms with Crippen LogP contribution in [0.5, 0.6) is 11.5 Å². The van der Waals surface area contributed by atoms with E-state index in [4.69, 9.17) is 14.7 Å². The van der Waals surface area contributed by atoms with E-state index in [1.165, 1.54) is 0 Å². The lowest BCUT2D eigenvalue weighted by molar-refractivity contribution is 0.411. The number of nitriles is 1. The number of rotatable bonds is 4. The highest BCUT2D eigenvalue weighted by atomic mass is 16.5. The summed E-state index contributed by atoms with van der Waals surface area (Å²) in [5.41, 5.74) is 3.05. The molecule has 0 atom stereocenters. The molecule has 0 spiro atoms. The van der Waals surface area contributed by atoms with E-state index in [2.05, 4.69) is 6.07 Å². The number of benzene rings is 2. The summed E-state index contributed by atoms with van der Waals surface area (Å²) in [5.74, 6) is 1.58. The smallest absolute Gasteiger partial charge is 0.123 e. The first-order chi connectivity index (χ1) is 9.28. The van der Waals surface area contributed by atoms with Crippen molar-refractivity contribution in [3.63, 3.8) is 0 Å². The van der Waals surface area contributed by atoms with E-state index in [1.54, 1.807) is 14.2 Å².